The van der Waals surface area contributed by atoms with Gasteiger partial charge in [0.1, 0.15) is 0 Å². The Morgan fingerprint density at radius 3 is 1.80 bits per heavy atom. The zero-order valence-electron chi connectivity index (χ0n) is 21.7. The van der Waals surface area contributed by atoms with Gasteiger partial charge in [-0.2, -0.15) is 0 Å². The molecule has 0 aromatic heterocycles. The SMILES string of the molecule is c1ccc(C2CC3(N4CCCCC4)CCN(CCCN4CCCC4)C2C(c2ccccc2)C3)cc1. The molecule has 4 saturated heterocycles. The van der Waals surface area contributed by atoms with Gasteiger partial charge in [0.05, 0.1) is 0 Å². The van der Waals surface area contributed by atoms with Gasteiger partial charge in [-0.05, 0) is 102 Å². The molecule has 0 spiro atoms. The summed E-state index contributed by atoms with van der Waals surface area (Å²) >= 11 is 0. The lowest BCUT2D eigenvalue weighted by Crippen LogP contribution is -2.56. The molecule has 4 heterocycles. The molecule has 2 atom stereocenters. The second-order valence-corrected chi connectivity index (χ2v) is 11.9. The van der Waals surface area contributed by atoms with Gasteiger partial charge < -0.3 is 4.90 Å². The van der Waals surface area contributed by atoms with Crippen LogP contribution in [0.3, 0.4) is 0 Å². The minimum absolute atomic E-state index is 0.349. The zero-order valence-corrected chi connectivity index (χ0v) is 21.7. The molecule has 188 valence electrons. The molecule has 2 aromatic carbocycles. The molecule has 5 fully saturated rings. The van der Waals surface area contributed by atoms with Crippen LogP contribution >= 0.6 is 0 Å². The predicted octanol–water partition coefficient (Wildman–Crippen LogP) is 6.13. The summed E-state index contributed by atoms with van der Waals surface area (Å²) in [4.78, 5) is 8.63. The van der Waals surface area contributed by atoms with E-state index in [0.29, 0.717) is 23.4 Å². The molecule has 1 saturated carbocycles. The predicted molar refractivity (Wildman–Crippen MR) is 146 cm³/mol. The summed E-state index contributed by atoms with van der Waals surface area (Å²) < 4.78 is 0. The third kappa shape index (κ3) is 4.97. The Hall–Kier alpha value is -1.68. The monoisotopic (exact) mass is 471 g/mol. The molecule has 35 heavy (non-hydrogen) atoms. The van der Waals surface area contributed by atoms with Crippen molar-refractivity contribution in [1.82, 2.24) is 14.7 Å². The van der Waals surface area contributed by atoms with Crippen LogP contribution in [0, 0.1) is 0 Å². The van der Waals surface area contributed by atoms with Crippen molar-refractivity contribution < 1.29 is 0 Å². The van der Waals surface area contributed by atoms with E-state index in [1.807, 2.05) is 0 Å². The van der Waals surface area contributed by atoms with Gasteiger partial charge in [0.2, 0.25) is 0 Å². The lowest BCUT2D eigenvalue weighted by atomic mass is 9.63. The molecular weight excluding hydrogens is 426 g/mol. The van der Waals surface area contributed by atoms with Gasteiger partial charge in [-0.3, -0.25) is 9.80 Å². The van der Waals surface area contributed by atoms with Crippen molar-refractivity contribution in [2.24, 2.45) is 0 Å². The molecular formula is C32H45N3. The van der Waals surface area contributed by atoms with E-state index >= 15 is 0 Å². The molecule has 4 aliphatic heterocycles. The number of piperidine rings is 1. The van der Waals surface area contributed by atoms with Crippen LogP contribution in [0.4, 0.5) is 0 Å². The number of fused-ring (bicyclic) bond motifs is 4. The molecule has 3 nitrogen and oxygen atoms in total. The van der Waals surface area contributed by atoms with Crippen molar-refractivity contribution in [1.29, 1.82) is 0 Å². The number of hydrogen-bond donors (Lipinski definition) is 0. The lowest BCUT2D eigenvalue weighted by Gasteiger charge is -2.53. The van der Waals surface area contributed by atoms with Gasteiger partial charge in [-0.25, -0.2) is 0 Å². The first-order valence-corrected chi connectivity index (χ1v) is 14.6. The fourth-order valence-corrected chi connectivity index (χ4v) is 8.22. The summed E-state index contributed by atoms with van der Waals surface area (Å²) in [6, 6.07) is 23.8. The Kier molecular flexibility index (Phi) is 7.28. The number of hydrogen-bond acceptors (Lipinski definition) is 3. The van der Waals surface area contributed by atoms with Gasteiger partial charge >= 0.3 is 0 Å². The Balaban J connectivity index is 1.35. The van der Waals surface area contributed by atoms with Crippen LogP contribution in [0.5, 0.6) is 0 Å². The molecule has 3 heteroatoms. The van der Waals surface area contributed by atoms with Crippen LogP contribution in [0.1, 0.15) is 80.8 Å². The van der Waals surface area contributed by atoms with E-state index in [1.54, 1.807) is 11.1 Å². The highest BCUT2D eigenvalue weighted by Crippen LogP contribution is 2.54. The van der Waals surface area contributed by atoms with Crippen LogP contribution in [0.15, 0.2) is 60.7 Å². The smallest absolute Gasteiger partial charge is 0.0234 e. The molecule has 5 aliphatic rings. The molecule has 0 N–H and O–H groups in total. The third-order valence-corrected chi connectivity index (χ3v) is 9.91. The maximum Gasteiger partial charge on any atom is 0.0234 e. The van der Waals surface area contributed by atoms with Gasteiger partial charge in [-0.15, -0.1) is 0 Å². The number of rotatable bonds is 7. The lowest BCUT2D eigenvalue weighted by molar-refractivity contribution is 0.0160. The average molecular weight is 472 g/mol. The summed E-state index contributed by atoms with van der Waals surface area (Å²) in [6.45, 7) is 9.07. The maximum absolute atomic E-state index is 2.96. The van der Waals surface area contributed by atoms with Crippen molar-refractivity contribution in [2.75, 3.05) is 45.8 Å². The zero-order chi connectivity index (χ0) is 23.5. The first-order valence-electron chi connectivity index (χ1n) is 14.6. The highest BCUT2D eigenvalue weighted by molar-refractivity contribution is 5.32. The summed E-state index contributed by atoms with van der Waals surface area (Å²) in [5, 5.41) is 0. The summed E-state index contributed by atoms with van der Waals surface area (Å²) in [5.74, 6) is 1.23. The van der Waals surface area contributed by atoms with E-state index in [2.05, 4.69) is 75.4 Å². The van der Waals surface area contributed by atoms with Crippen molar-refractivity contribution in [3.63, 3.8) is 0 Å². The molecule has 7 rings (SSSR count). The number of benzene rings is 2. The molecule has 1 aliphatic carbocycles. The Labute approximate surface area is 213 Å². The summed E-state index contributed by atoms with van der Waals surface area (Å²) in [5.41, 5.74) is 3.50. The quantitative estimate of drug-likeness (QED) is 0.481. The summed E-state index contributed by atoms with van der Waals surface area (Å²) in [7, 11) is 0. The van der Waals surface area contributed by atoms with Crippen LogP contribution in [0.2, 0.25) is 0 Å². The largest absolute Gasteiger partial charge is 0.303 e. The topological polar surface area (TPSA) is 9.72 Å². The van der Waals surface area contributed by atoms with E-state index in [9.17, 15) is 0 Å². The van der Waals surface area contributed by atoms with Gasteiger partial charge in [0.15, 0.2) is 0 Å². The molecule has 2 aromatic rings. The van der Waals surface area contributed by atoms with Gasteiger partial charge in [-0.1, -0.05) is 67.1 Å². The van der Waals surface area contributed by atoms with Crippen LogP contribution in [-0.4, -0.2) is 72.1 Å². The highest BCUT2D eigenvalue weighted by Gasteiger charge is 2.53. The Morgan fingerprint density at radius 1 is 0.629 bits per heavy atom. The first kappa shape index (κ1) is 23.7. The number of likely N-dealkylation sites (tertiary alicyclic amines) is 2. The Bertz CT molecular complexity index is 867. The fourth-order valence-electron chi connectivity index (χ4n) is 8.22. The van der Waals surface area contributed by atoms with E-state index in [-0.39, 0.29) is 0 Å². The third-order valence-electron chi connectivity index (χ3n) is 9.91. The van der Waals surface area contributed by atoms with Gasteiger partial charge in [0, 0.05) is 30.0 Å². The minimum Gasteiger partial charge on any atom is -0.303 e. The van der Waals surface area contributed by atoms with Crippen LogP contribution in [0.25, 0.3) is 0 Å². The van der Waals surface area contributed by atoms with E-state index in [1.165, 1.54) is 104 Å². The summed E-state index contributed by atoms with van der Waals surface area (Å²) in [6.07, 6.45) is 12.3. The molecule has 2 bridgehead atoms. The second kappa shape index (κ2) is 10.7. The first-order chi connectivity index (χ1) is 17.3. The van der Waals surface area contributed by atoms with Crippen molar-refractivity contribution in [3.8, 4) is 0 Å². The maximum atomic E-state index is 2.96. The van der Waals surface area contributed by atoms with E-state index in [4.69, 9.17) is 0 Å². The van der Waals surface area contributed by atoms with Crippen molar-refractivity contribution in [2.45, 2.75) is 81.2 Å². The average Bonchev–Trinajstić information content (AvgIpc) is 3.33. The van der Waals surface area contributed by atoms with E-state index in [0.717, 1.165) is 0 Å². The molecule has 2 unspecified atom stereocenters. The molecule has 0 amide bonds. The fraction of sp³-hybridized carbons (Fsp3) is 0.625. The van der Waals surface area contributed by atoms with Crippen molar-refractivity contribution in [3.05, 3.63) is 71.8 Å². The van der Waals surface area contributed by atoms with Gasteiger partial charge in [0.25, 0.3) is 0 Å². The van der Waals surface area contributed by atoms with Crippen LogP contribution < -0.4 is 0 Å². The normalized spacial score (nSPS) is 32.6. The van der Waals surface area contributed by atoms with Crippen molar-refractivity contribution >= 4 is 0 Å². The molecule has 0 radical (unpaired) electrons. The highest BCUT2D eigenvalue weighted by atomic mass is 15.3. The van der Waals surface area contributed by atoms with Crippen LogP contribution in [-0.2, 0) is 0 Å². The Morgan fingerprint density at radius 2 is 1.20 bits per heavy atom. The number of nitrogens with zero attached hydrogens (tertiary/aromatic N) is 3. The standard InChI is InChI=1S/C32H45N3/c1-4-13-27(14-5-1)29-25-32(35-22-8-3-9-23-35)17-24-34(21-12-20-33-18-10-11-19-33)31(29)30(26-32)28-15-6-2-7-16-28/h1-2,4-7,13-16,29-31H,3,8-12,17-26H2. The van der Waals surface area contributed by atoms with E-state index < -0.39 is 0 Å². The minimum atomic E-state index is 0.349. The second-order valence-electron chi connectivity index (χ2n) is 11.9.